The summed E-state index contributed by atoms with van der Waals surface area (Å²) in [4.78, 5) is 18.1. The monoisotopic (exact) mass is 380 g/mol. The van der Waals surface area contributed by atoms with E-state index in [2.05, 4.69) is 4.98 Å². The Morgan fingerprint density at radius 1 is 1.07 bits per heavy atom. The molecular weight excluding hydrogens is 361 g/mol. The van der Waals surface area contributed by atoms with Gasteiger partial charge in [0.2, 0.25) is 0 Å². The number of aromatic nitrogens is 1. The lowest BCUT2D eigenvalue weighted by Crippen LogP contribution is -2.38. The average Bonchev–Trinajstić information content (AvgIpc) is 2.68. The van der Waals surface area contributed by atoms with Gasteiger partial charge >= 0.3 is 12.1 Å². The molecule has 0 spiro atoms. The molecule has 1 fully saturated rings. The third kappa shape index (κ3) is 4.69. The molecular formula is C19H19F3N2O3. The molecule has 2 aromatic rings. The zero-order valence-corrected chi connectivity index (χ0v) is 14.7. The first kappa shape index (κ1) is 19.0. The second-order valence-corrected chi connectivity index (χ2v) is 6.26. The molecule has 1 aliphatic heterocycles. The van der Waals surface area contributed by atoms with Crippen LogP contribution in [0.1, 0.15) is 18.4 Å². The first-order valence-electron chi connectivity index (χ1n) is 8.51. The van der Waals surface area contributed by atoms with Crippen LogP contribution < -0.4 is 14.4 Å². The molecule has 1 aliphatic rings. The van der Waals surface area contributed by atoms with E-state index in [4.69, 9.17) is 9.47 Å². The van der Waals surface area contributed by atoms with Crippen molar-refractivity contribution in [3.05, 3.63) is 48.2 Å². The lowest BCUT2D eigenvalue weighted by molar-refractivity contribution is -0.140. The number of hydrogen-bond acceptors (Lipinski definition) is 5. The van der Waals surface area contributed by atoms with Crippen molar-refractivity contribution in [2.75, 3.05) is 25.1 Å². The predicted molar refractivity (Wildman–Crippen MR) is 92.8 cm³/mol. The summed E-state index contributed by atoms with van der Waals surface area (Å²) >= 11 is 0. The Kier molecular flexibility index (Phi) is 5.53. The van der Waals surface area contributed by atoms with Crippen molar-refractivity contribution in [3.63, 3.8) is 0 Å². The minimum Gasteiger partial charge on any atom is -0.497 e. The Balaban J connectivity index is 1.54. The molecule has 0 amide bonds. The number of carbonyl (C=O) groups excluding carboxylic acids is 1. The Hall–Kier alpha value is -2.77. The van der Waals surface area contributed by atoms with Crippen LogP contribution in [0.5, 0.6) is 11.5 Å². The fraction of sp³-hybridized carbons (Fsp3) is 0.368. The van der Waals surface area contributed by atoms with Gasteiger partial charge in [-0.1, -0.05) is 0 Å². The average molecular weight is 380 g/mol. The molecule has 144 valence electrons. The summed E-state index contributed by atoms with van der Waals surface area (Å²) in [5, 5.41) is 0. The first-order valence-corrected chi connectivity index (χ1v) is 8.51. The van der Waals surface area contributed by atoms with Gasteiger partial charge in [-0.2, -0.15) is 13.2 Å². The number of hydrogen-bond donors (Lipinski definition) is 0. The van der Waals surface area contributed by atoms with E-state index in [0.29, 0.717) is 43.2 Å². The van der Waals surface area contributed by atoms with Gasteiger partial charge in [-0.25, -0.2) is 4.98 Å². The minimum absolute atomic E-state index is 0.252. The molecule has 8 heteroatoms. The quantitative estimate of drug-likeness (QED) is 0.594. The fourth-order valence-corrected chi connectivity index (χ4v) is 2.93. The summed E-state index contributed by atoms with van der Waals surface area (Å²) < 4.78 is 48.3. The van der Waals surface area contributed by atoms with Gasteiger partial charge in [0.05, 0.1) is 18.6 Å². The second-order valence-electron chi connectivity index (χ2n) is 6.26. The molecule has 1 saturated heterocycles. The summed E-state index contributed by atoms with van der Waals surface area (Å²) in [6, 6.07) is 9.13. The molecule has 0 unspecified atom stereocenters. The molecule has 27 heavy (non-hydrogen) atoms. The Bertz CT molecular complexity index is 768. The van der Waals surface area contributed by atoms with E-state index in [1.165, 1.54) is 6.07 Å². The molecule has 0 saturated carbocycles. The van der Waals surface area contributed by atoms with Crippen LogP contribution in [0.4, 0.5) is 19.0 Å². The number of halogens is 3. The number of alkyl halides is 3. The van der Waals surface area contributed by atoms with Crippen LogP contribution >= 0.6 is 0 Å². The maximum Gasteiger partial charge on any atom is 0.417 e. The minimum atomic E-state index is -4.40. The molecule has 5 nitrogen and oxygen atoms in total. The van der Waals surface area contributed by atoms with E-state index >= 15 is 0 Å². The van der Waals surface area contributed by atoms with Gasteiger partial charge in [-0.15, -0.1) is 0 Å². The molecule has 1 aromatic heterocycles. The summed E-state index contributed by atoms with van der Waals surface area (Å²) in [5.41, 5.74) is -0.774. The number of ether oxygens (including phenoxy) is 2. The fourth-order valence-electron chi connectivity index (χ4n) is 2.93. The molecule has 3 rings (SSSR count). The Morgan fingerprint density at radius 3 is 2.22 bits per heavy atom. The van der Waals surface area contributed by atoms with Crippen molar-refractivity contribution in [2.45, 2.75) is 19.0 Å². The normalized spacial score (nSPS) is 15.5. The topological polar surface area (TPSA) is 51.7 Å². The van der Waals surface area contributed by atoms with E-state index in [0.717, 1.165) is 12.3 Å². The number of methoxy groups -OCH3 is 1. The van der Waals surface area contributed by atoms with E-state index in [1.54, 1.807) is 31.4 Å². The van der Waals surface area contributed by atoms with Gasteiger partial charge in [-0.3, -0.25) is 4.79 Å². The first-order chi connectivity index (χ1) is 12.9. The van der Waals surface area contributed by atoms with Crippen LogP contribution in [-0.4, -0.2) is 31.2 Å². The van der Waals surface area contributed by atoms with E-state index in [1.807, 2.05) is 4.90 Å². The summed E-state index contributed by atoms with van der Waals surface area (Å²) in [6.07, 6.45) is -2.46. The molecule has 1 aromatic carbocycles. The summed E-state index contributed by atoms with van der Waals surface area (Å²) in [5.74, 6) is 1.04. The van der Waals surface area contributed by atoms with Gasteiger partial charge in [0.1, 0.15) is 17.3 Å². The second kappa shape index (κ2) is 7.85. The number of anilines is 1. The SMILES string of the molecule is COc1ccc(OC(=O)C2CCN(c3ccc(C(F)(F)F)cn3)CC2)cc1. The highest BCUT2D eigenvalue weighted by Crippen LogP contribution is 2.30. The lowest BCUT2D eigenvalue weighted by Gasteiger charge is -2.31. The number of pyridine rings is 1. The molecule has 0 N–H and O–H groups in total. The summed E-state index contributed by atoms with van der Waals surface area (Å²) in [7, 11) is 1.56. The van der Waals surface area contributed by atoms with Gasteiger partial charge in [0, 0.05) is 19.3 Å². The van der Waals surface area contributed by atoms with E-state index < -0.39 is 11.7 Å². The molecule has 0 aliphatic carbocycles. The number of carbonyl (C=O) groups is 1. The van der Waals surface area contributed by atoms with Crippen LogP contribution in [0.25, 0.3) is 0 Å². The number of piperidine rings is 1. The predicted octanol–water partition coefficient (Wildman–Crippen LogP) is 3.93. The Morgan fingerprint density at radius 2 is 1.70 bits per heavy atom. The van der Waals surface area contributed by atoms with Crippen LogP contribution in [0, 0.1) is 5.92 Å². The lowest BCUT2D eigenvalue weighted by atomic mass is 9.97. The van der Waals surface area contributed by atoms with Crippen molar-refractivity contribution in [3.8, 4) is 11.5 Å². The smallest absolute Gasteiger partial charge is 0.417 e. The zero-order chi connectivity index (χ0) is 19.4. The third-order valence-electron chi connectivity index (χ3n) is 4.51. The maximum absolute atomic E-state index is 12.6. The van der Waals surface area contributed by atoms with Crippen molar-refractivity contribution >= 4 is 11.8 Å². The van der Waals surface area contributed by atoms with Crippen molar-refractivity contribution in [1.82, 2.24) is 4.98 Å². The third-order valence-corrected chi connectivity index (χ3v) is 4.51. The highest BCUT2D eigenvalue weighted by atomic mass is 19.4. The highest BCUT2D eigenvalue weighted by molar-refractivity contribution is 5.75. The van der Waals surface area contributed by atoms with Gasteiger partial charge in [-0.05, 0) is 49.2 Å². The van der Waals surface area contributed by atoms with E-state index in [-0.39, 0.29) is 11.9 Å². The zero-order valence-electron chi connectivity index (χ0n) is 14.7. The van der Waals surface area contributed by atoms with Crippen LogP contribution in [0.15, 0.2) is 42.6 Å². The number of esters is 1. The van der Waals surface area contributed by atoms with Gasteiger partial charge in [0.15, 0.2) is 0 Å². The summed E-state index contributed by atoms with van der Waals surface area (Å²) in [6.45, 7) is 1.06. The van der Waals surface area contributed by atoms with Crippen LogP contribution in [-0.2, 0) is 11.0 Å². The van der Waals surface area contributed by atoms with Crippen LogP contribution in [0.3, 0.4) is 0 Å². The van der Waals surface area contributed by atoms with Crippen molar-refractivity contribution in [2.24, 2.45) is 5.92 Å². The number of rotatable bonds is 4. The Labute approximate surface area is 154 Å². The van der Waals surface area contributed by atoms with Crippen LogP contribution in [0.2, 0.25) is 0 Å². The van der Waals surface area contributed by atoms with Gasteiger partial charge in [0.25, 0.3) is 0 Å². The van der Waals surface area contributed by atoms with E-state index in [9.17, 15) is 18.0 Å². The molecule has 2 heterocycles. The number of benzene rings is 1. The molecule has 0 radical (unpaired) electrons. The highest BCUT2D eigenvalue weighted by Gasteiger charge is 2.31. The molecule has 0 bridgehead atoms. The largest absolute Gasteiger partial charge is 0.497 e. The maximum atomic E-state index is 12.6. The number of nitrogens with zero attached hydrogens (tertiary/aromatic N) is 2. The van der Waals surface area contributed by atoms with Crippen molar-refractivity contribution < 1.29 is 27.4 Å². The standard InChI is InChI=1S/C19H19F3N2O3/c1-26-15-3-5-16(6-4-15)27-18(25)13-8-10-24(11-9-13)17-7-2-14(12-23-17)19(20,21)22/h2-7,12-13H,8-11H2,1H3. The molecule has 0 atom stereocenters. The van der Waals surface area contributed by atoms with Gasteiger partial charge < -0.3 is 14.4 Å². The van der Waals surface area contributed by atoms with Crippen molar-refractivity contribution in [1.29, 1.82) is 0 Å².